The SMILES string of the molecule is CCOC(=O)c1ccc2c(c1)[SH](NC1CCN(S(=O)(=O)c3c(F)cccc3F)CC1)C=N2. The number of hydrogen-bond acceptors (Lipinski definition) is 6. The summed E-state index contributed by atoms with van der Waals surface area (Å²) in [6, 6.07) is 8.25. The van der Waals surface area contributed by atoms with Gasteiger partial charge in [-0.25, -0.2) is 27.0 Å². The summed E-state index contributed by atoms with van der Waals surface area (Å²) in [5.74, 6) is -2.58. The molecule has 0 amide bonds. The molecule has 1 N–H and O–H groups in total. The number of hydrogen-bond donors (Lipinski definition) is 2. The molecule has 2 aromatic rings. The Kier molecular flexibility index (Phi) is 6.61. The van der Waals surface area contributed by atoms with Crippen molar-refractivity contribution in [3.8, 4) is 0 Å². The molecule has 2 heterocycles. The number of halogens is 2. The molecule has 2 aromatic carbocycles. The normalized spacial score (nSPS) is 20.3. The summed E-state index contributed by atoms with van der Waals surface area (Å²) < 4.78 is 63.3. The second-order valence-corrected chi connectivity index (χ2v) is 11.0. The standard InChI is InChI=1S/C21H23F2N3O4S2/c1-2-30-21(27)14-6-7-18-19(12-14)31(13-24-18)25-15-8-10-26(11-9-15)32(28,29)20-16(22)4-3-5-17(20)23/h3-7,12-13,15,25,31H,2,8-11H2,1H3. The Morgan fingerprint density at radius 1 is 1.22 bits per heavy atom. The molecule has 0 radical (unpaired) electrons. The predicted octanol–water partition coefficient (Wildman–Crippen LogP) is 3.53. The Morgan fingerprint density at radius 3 is 2.56 bits per heavy atom. The van der Waals surface area contributed by atoms with Gasteiger partial charge < -0.3 is 4.74 Å². The zero-order valence-corrected chi connectivity index (χ0v) is 19.0. The summed E-state index contributed by atoms with van der Waals surface area (Å²) in [5.41, 5.74) is 3.05. The van der Waals surface area contributed by atoms with Crippen molar-refractivity contribution >= 4 is 38.3 Å². The first-order valence-electron chi connectivity index (χ1n) is 10.2. The van der Waals surface area contributed by atoms with E-state index in [-0.39, 0.29) is 25.7 Å². The number of benzene rings is 2. The lowest BCUT2D eigenvalue weighted by Crippen LogP contribution is -2.44. The fraction of sp³-hybridized carbons (Fsp3) is 0.333. The third-order valence-electron chi connectivity index (χ3n) is 5.35. The van der Waals surface area contributed by atoms with Crippen LogP contribution >= 0.6 is 11.1 Å². The van der Waals surface area contributed by atoms with Gasteiger partial charge in [0.05, 0.1) is 23.4 Å². The number of fused-ring (bicyclic) bond motifs is 1. The lowest BCUT2D eigenvalue weighted by Gasteiger charge is -2.33. The zero-order chi connectivity index (χ0) is 22.9. The van der Waals surface area contributed by atoms with E-state index in [1.165, 1.54) is 0 Å². The molecule has 1 fully saturated rings. The highest BCUT2D eigenvalue weighted by molar-refractivity contribution is 8.27. The van der Waals surface area contributed by atoms with Gasteiger partial charge in [0.1, 0.15) is 11.6 Å². The van der Waals surface area contributed by atoms with Crippen molar-refractivity contribution in [2.45, 2.75) is 35.6 Å². The minimum absolute atomic E-state index is 0.00155. The number of aliphatic imine (C=N–C) groups is 1. The lowest BCUT2D eigenvalue weighted by molar-refractivity contribution is 0.0526. The number of piperidine rings is 1. The van der Waals surface area contributed by atoms with Gasteiger partial charge in [0.2, 0.25) is 10.0 Å². The first-order valence-corrected chi connectivity index (χ1v) is 13.0. The Hall–Kier alpha value is -2.34. The molecular formula is C21H23F2N3O4S2. The molecule has 11 heteroatoms. The van der Waals surface area contributed by atoms with E-state index in [1.54, 1.807) is 25.1 Å². The number of sulfonamides is 1. The number of nitrogens with zero attached hydrogens (tertiary/aromatic N) is 2. The van der Waals surface area contributed by atoms with Crippen molar-refractivity contribution in [2.24, 2.45) is 4.99 Å². The maximum Gasteiger partial charge on any atom is 0.338 e. The number of nitrogens with one attached hydrogen (secondary N) is 1. The Bertz CT molecular complexity index is 1150. The molecule has 2 aliphatic rings. The maximum atomic E-state index is 14.0. The summed E-state index contributed by atoms with van der Waals surface area (Å²) in [6.07, 6.45) is 0.962. The Labute approximate surface area is 188 Å². The van der Waals surface area contributed by atoms with Gasteiger partial charge in [0.15, 0.2) is 4.90 Å². The van der Waals surface area contributed by atoms with Crippen LogP contribution in [0.5, 0.6) is 0 Å². The van der Waals surface area contributed by atoms with Gasteiger partial charge in [-0.1, -0.05) is 6.07 Å². The quantitative estimate of drug-likeness (QED) is 0.485. The van der Waals surface area contributed by atoms with Crippen molar-refractivity contribution < 1.29 is 26.7 Å². The molecule has 4 rings (SSSR count). The van der Waals surface area contributed by atoms with Crippen LogP contribution in [0.3, 0.4) is 0 Å². The molecule has 172 valence electrons. The summed E-state index contributed by atoms with van der Waals surface area (Å²) in [6.45, 7) is 2.32. The van der Waals surface area contributed by atoms with Gasteiger partial charge in [-0.3, -0.25) is 4.72 Å². The van der Waals surface area contributed by atoms with Gasteiger partial charge in [-0.2, -0.15) is 4.31 Å². The molecule has 2 aliphatic heterocycles. The third-order valence-corrected chi connectivity index (χ3v) is 9.17. The van der Waals surface area contributed by atoms with Crippen LogP contribution < -0.4 is 4.72 Å². The van der Waals surface area contributed by atoms with Crippen molar-refractivity contribution in [1.82, 2.24) is 9.03 Å². The minimum Gasteiger partial charge on any atom is -0.462 e. The number of esters is 1. The number of rotatable bonds is 6. The molecule has 0 bridgehead atoms. The highest BCUT2D eigenvalue weighted by Gasteiger charge is 2.34. The van der Waals surface area contributed by atoms with Crippen molar-refractivity contribution in [3.05, 3.63) is 53.6 Å². The average molecular weight is 484 g/mol. The second kappa shape index (κ2) is 9.26. The van der Waals surface area contributed by atoms with E-state index in [0.717, 1.165) is 33.1 Å². The van der Waals surface area contributed by atoms with Crippen LogP contribution in [0.1, 0.15) is 30.1 Å². The first-order chi connectivity index (χ1) is 15.3. The Balaban J connectivity index is 1.42. The second-order valence-electron chi connectivity index (χ2n) is 7.40. The molecule has 0 spiro atoms. The summed E-state index contributed by atoms with van der Waals surface area (Å²) in [7, 11) is -4.26. The number of thiol groups is 1. The fourth-order valence-electron chi connectivity index (χ4n) is 3.73. The van der Waals surface area contributed by atoms with E-state index >= 15 is 0 Å². The largest absolute Gasteiger partial charge is 0.462 e. The fourth-order valence-corrected chi connectivity index (χ4v) is 7.19. The molecule has 1 unspecified atom stereocenters. The van der Waals surface area contributed by atoms with Crippen molar-refractivity contribution in [2.75, 3.05) is 19.7 Å². The highest BCUT2D eigenvalue weighted by Crippen LogP contribution is 2.44. The molecule has 0 aliphatic carbocycles. The number of carbonyl (C=O) groups is 1. The summed E-state index contributed by atoms with van der Waals surface area (Å²) >= 11 is -0.968. The van der Waals surface area contributed by atoms with Crippen molar-refractivity contribution in [1.29, 1.82) is 0 Å². The van der Waals surface area contributed by atoms with Gasteiger partial charge >= 0.3 is 5.97 Å². The van der Waals surface area contributed by atoms with Gasteiger partial charge in [-0.15, -0.1) is 11.1 Å². The van der Waals surface area contributed by atoms with Crippen LogP contribution in [0, 0.1) is 11.6 Å². The molecular weight excluding hydrogens is 460 g/mol. The van der Waals surface area contributed by atoms with E-state index < -0.39 is 43.6 Å². The van der Waals surface area contributed by atoms with Crippen LogP contribution in [0.4, 0.5) is 14.5 Å². The van der Waals surface area contributed by atoms with Crippen LogP contribution in [-0.2, 0) is 14.8 Å². The lowest BCUT2D eigenvalue weighted by atomic mass is 10.1. The molecule has 32 heavy (non-hydrogen) atoms. The Morgan fingerprint density at radius 2 is 1.91 bits per heavy atom. The zero-order valence-electron chi connectivity index (χ0n) is 17.3. The van der Waals surface area contributed by atoms with Crippen LogP contribution in [0.2, 0.25) is 0 Å². The maximum absolute atomic E-state index is 14.0. The smallest absolute Gasteiger partial charge is 0.338 e. The average Bonchev–Trinajstić information content (AvgIpc) is 3.16. The summed E-state index contributed by atoms with van der Waals surface area (Å²) in [5, 5.41) is 0. The van der Waals surface area contributed by atoms with Crippen LogP contribution in [-0.4, -0.2) is 50.0 Å². The molecule has 1 saturated heterocycles. The first kappa shape index (κ1) is 22.8. The van der Waals surface area contributed by atoms with E-state index in [9.17, 15) is 22.0 Å². The third kappa shape index (κ3) is 4.42. The predicted molar refractivity (Wildman–Crippen MR) is 119 cm³/mol. The molecule has 7 nitrogen and oxygen atoms in total. The van der Waals surface area contributed by atoms with Gasteiger partial charge in [0, 0.05) is 24.0 Å². The summed E-state index contributed by atoms with van der Waals surface area (Å²) in [4.78, 5) is 16.5. The monoisotopic (exact) mass is 483 g/mol. The van der Waals surface area contributed by atoms with E-state index in [0.29, 0.717) is 18.4 Å². The molecule has 0 aromatic heterocycles. The van der Waals surface area contributed by atoms with E-state index in [2.05, 4.69) is 9.71 Å². The van der Waals surface area contributed by atoms with Crippen molar-refractivity contribution in [3.63, 3.8) is 0 Å². The highest BCUT2D eigenvalue weighted by atomic mass is 32.2. The van der Waals surface area contributed by atoms with Gasteiger partial charge in [0.25, 0.3) is 0 Å². The van der Waals surface area contributed by atoms with Gasteiger partial charge in [-0.05, 0) is 50.1 Å². The molecule has 1 atom stereocenters. The number of carbonyl (C=O) groups excluding carboxylic acids is 1. The molecule has 0 saturated carbocycles. The van der Waals surface area contributed by atoms with E-state index in [1.807, 2.05) is 5.55 Å². The van der Waals surface area contributed by atoms with Crippen LogP contribution in [0.25, 0.3) is 0 Å². The van der Waals surface area contributed by atoms with E-state index in [4.69, 9.17) is 4.74 Å². The topological polar surface area (TPSA) is 88.1 Å². The van der Waals surface area contributed by atoms with Crippen LogP contribution in [0.15, 0.2) is 51.2 Å². The number of ether oxygens (including phenoxy) is 1. The minimum atomic E-state index is -4.26.